The Kier molecular flexibility index (Phi) is 5.73. The second kappa shape index (κ2) is 7.09. The second-order valence-electron chi connectivity index (χ2n) is 3.82. The van der Waals surface area contributed by atoms with Gasteiger partial charge in [-0.15, -0.1) is 0 Å². The van der Waals surface area contributed by atoms with Crippen LogP contribution < -0.4 is 5.32 Å². The van der Waals surface area contributed by atoms with Crippen LogP contribution in [0.3, 0.4) is 0 Å². The lowest BCUT2D eigenvalue weighted by Crippen LogP contribution is -2.24. The molecule has 0 spiro atoms. The van der Waals surface area contributed by atoms with Crippen molar-refractivity contribution in [1.82, 2.24) is 5.32 Å². The summed E-state index contributed by atoms with van der Waals surface area (Å²) in [5.74, 6) is -0.175. The van der Waals surface area contributed by atoms with Crippen molar-refractivity contribution < 1.29 is 9.90 Å². The van der Waals surface area contributed by atoms with Crippen molar-refractivity contribution >= 4 is 23.6 Å². The topological polar surface area (TPSA) is 49.3 Å². The molecule has 4 heteroatoms. The van der Waals surface area contributed by atoms with Crippen molar-refractivity contribution in [3.8, 4) is 0 Å². The van der Waals surface area contributed by atoms with Gasteiger partial charge in [0.1, 0.15) is 0 Å². The minimum Gasteiger partial charge on any atom is -0.393 e. The van der Waals surface area contributed by atoms with E-state index in [4.69, 9.17) is 16.7 Å². The smallest absolute Gasteiger partial charge is 0.244 e. The standard InChI is InChI=1S/C13H16ClNO2/c1-10(16)7-8-15-13(17)6-5-11-3-2-4-12(14)9-11/h2-6,9-10,16H,7-8H2,1H3,(H,15,17). The second-order valence-corrected chi connectivity index (χ2v) is 4.25. The number of aliphatic hydroxyl groups excluding tert-OH is 1. The summed E-state index contributed by atoms with van der Waals surface area (Å²) in [5, 5.41) is 12.3. The lowest BCUT2D eigenvalue weighted by atomic mass is 10.2. The molecule has 1 aromatic carbocycles. The summed E-state index contributed by atoms with van der Waals surface area (Å²) in [5.41, 5.74) is 0.878. The highest BCUT2D eigenvalue weighted by molar-refractivity contribution is 6.30. The fraction of sp³-hybridized carbons (Fsp3) is 0.308. The first-order valence-corrected chi connectivity index (χ1v) is 5.85. The zero-order valence-corrected chi connectivity index (χ0v) is 10.4. The van der Waals surface area contributed by atoms with Gasteiger partial charge in [0.2, 0.25) is 5.91 Å². The van der Waals surface area contributed by atoms with Crippen LogP contribution in [0.5, 0.6) is 0 Å². The zero-order chi connectivity index (χ0) is 12.7. The Morgan fingerprint density at radius 3 is 3.00 bits per heavy atom. The van der Waals surface area contributed by atoms with Crippen LogP contribution in [0.1, 0.15) is 18.9 Å². The third-order valence-electron chi connectivity index (χ3n) is 2.14. The molecule has 0 saturated heterocycles. The summed E-state index contributed by atoms with van der Waals surface area (Å²) in [6.45, 7) is 2.16. The van der Waals surface area contributed by atoms with Crippen LogP contribution in [0.25, 0.3) is 6.08 Å². The zero-order valence-electron chi connectivity index (χ0n) is 9.69. The van der Waals surface area contributed by atoms with E-state index in [0.29, 0.717) is 18.0 Å². The number of benzene rings is 1. The largest absolute Gasteiger partial charge is 0.393 e. The Balaban J connectivity index is 2.40. The molecular formula is C13H16ClNO2. The van der Waals surface area contributed by atoms with Gasteiger partial charge in [-0.1, -0.05) is 23.7 Å². The van der Waals surface area contributed by atoms with Crippen molar-refractivity contribution in [3.05, 3.63) is 40.9 Å². The van der Waals surface area contributed by atoms with E-state index in [1.807, 2.05) is 12.1 Å². The van der Waals surface area contributed by atoms with Gasteiger partial charge < -0.3 is 10.4 Å². The molecule has 17 heavy (non-hydrogen) atoms. The maximum absolute atomic E-state index is 11.4. The predicted octanol–water partition coefficient (Wildman–Crippen LogP) is 2.24. The van der Waals surface area contributed by atoms with Crippen LogP contribution in [0.4, 0.5) is 0 Å². The molecule has 1 aromatic rings. The molecule has 0 bridgehead atoms. The van der Waals surface area contributed by atoms with Gasteiger partial charge in [-0.3, -0.25) is 4.79 Å². The number of nitrogens with one attached hydrogen (secondary N) is 1. The van der Waals surface area contributed by atoms with Crippen LogP contribution in [-0.4, -0.2) is 23.7 Å². The van der Waals surface area contributed by atoms with Gasteiger partial charge in [0.25, 0.3) is 0 Å². The number of carbonyl (C=O) groups excluding carboxylic acids is 1. The average Bonchev–Trinajstić information content (AvgIpc) is 2.26. The van der Waals surface area contributed by atoms with E-state index in [1.165, 1.54) is 6.08 Å². The number of rotatable bonds is 5. The maximum Gasteiger partial charge on any atom is 0.244 e. The van der Waals surface area contributed by atoms with E-state index in [2.05, 4.69) is 5.32 Å². The van der Waals surface area contributed by atoms with Crippen LogP contribution >= 0.6 is 11.6 Å². The van der Waals surface area contributed by atoms with Crippen LogP contribution in [0.15, 0.2) is 30.3 Å². The van der Waals surface area contributed by atoms with Crippen LogP contribution in [-0.2, 0) is 4.79 Å². The Morgan fingerprint density at radius 2 is 2.35 bits per heavy atom. The highest BCUT2D eigenvalue weighted by Gasteiger charge is 1.98. The highest BCUT2D eigenvalue weighted by atomic mass is 35.5. The molecule has 2 N–H and O–H groups in total. The number of hydrogen-bond acceptors (Lipinski definition) is 2. The van der Waals surface area contributed by atoms with Crippen molar-refractivity contribution in [3.63, 3.8) is 0 Å². The van der Waals surface area contributed by atoms with Gasteiger partial charge in [-0.2, -0.15) is 0 Å². The first kappa shape index (κ1) is 13.7. The monoisotopic (exact) mass is 253 g/mol. The lowest BCUT2D eigenvalue weighted by molar-refractivity contribution is -0.116. The first-order chi connectivity index (χ1) is 8.08. The molecule has 0 heterocycles. The first-order valence-electron chi connectivity index (χ1n) is 5.47. The van der Waals surface area contributed by atoms with Gasteiger partial charge >= 0.3 is 0 Å². The molecule has 3 nitrogen and oxygen atoms in total. The quantitative estimate of drug-likeness (QED) is 0.791. The Labute approximate surface area is 106 Å². The fourth-order valence-corrected chi connectivity index (χ4v) is 1.44. The van der Waals surface area contributed by atoms with E-state index in [-0.39, 0.29) is 5.91 Å². The molecule has 0 aliphatic rings. The van der Waals surface area contributed by atoms with Crippen LogP contribution in [0.2, 0.25) is 5.02 Å². The van der Waals surface area contributed by atoms with Crippen molar-refractivity contribution in [2.75, 3.05) is 6.54 Å². The number of amides is 1. The molecule has 0 aliphatic carbocycles. The molecule has 1 rings (SSSR count). The molecule has 1 atom stereocenters. The molecule has 0 aromatic heterocycles. The van der Waals surface area contributed by atoms with Gasteiger partial charge in [-0.05, 0) is 37.1 Å². The van der Waals surface area contributed by atoms with E-state index >= 15 is 0 Å². The normalized spacial score (nSPS) is 12.6. The van der Waals surface area contributed by atoms with E-state index < -0.39 is 6.10 Å². The predicted molar refractivity (Wildman–Crippen MR) is 69.8 cm³/mol. The van der Waals surface area contributed by atoms with E-state index in [9.17, 15) is 4.79 Å². The van der Waals surface area contributed by atoms with Gasteiger partial charge in [0, 0.05) is 17.6 Å². The fourth-order valence-electron chi connectivity index (χ4n) is 1.25. The Morgan fingerprint density at radius 1 is 1.59 bits per heavy atom. The highest BCUT2D eigenvalue weighted by Crippen LogP contribution is 2.11. The number of halogens is 1. The average molecular weight is 254 g/mol. The summed E-state index contributed by atoms with van der Waals surface area (Å²) < 4.78 is 0. The molecular weight excluding hydrogens is 238 g/mol. The van der Waals surface area contributed by atoms with E-state index in [0.717, 1.165) is 5.56 Å². The molecule has 1 unspecified atom stereocenters. The molecule has 1 amide bonds. The van der Waals surface area contributed by atoms with Crippen LogP contribution in [0, 0.1) is 0 Å². The summed E-state index contributed by atoms with van der Waals surface area (Å²) in [4.78, 5) is 11.4. The third kappa shape index (κ3) is 6.09. The molecule has 0 saturated carbocycles. The minimum absolute atomic E-state index is 0.175. The number of aliphatic hydroxyl groups is 1. The summed E-state index contributed by atoms with van der Waals surface area (Å²) in [6, 6.07) is 7.25. The summed E-state index contributed by atoms with van der Waals surface area (Å²) in [7, 11) is 0. The van der Waals surface area contributed by atoms with Gasteiger partial charge in [0.05, 0.1) is 6.10 Å². The number of hydrogen-bond donors (Lipinski definition) is 2. The lowest BCUT2D eigenvalue weighted by Gasteiger charge is -2.03. The molecule has 0 aliphatic heterocycles. The molecule has 0 radical (unpaired) electrons. The Bertz CT molecular complexity index is 402. The van der Waals surface area contributed by atoms with Gasteiger partial charge in [-0.25, -0.2) is 0 Å². The van der Waals surface area contributed by atoms with E-state index in [1.54, 1.807) is 25.1 Å². The van der Waals surface area contributed by atoms with Crippen molar-refractivity contribution in [2.24, 2.45) is 0 Å². The SMILES string of the molecule is CC(O)CCNC(=O)C=Cc1cccc(Cl)c1. The number of carbonyl (C=O) groups is 1. The summed E-state index contributed by atoms with van der Waals surface area (Å²) in [6.07, 6.45) is 3.31. The Hall–Kier alpha value is -1.32. The van der Waals surface area contributed by atoms with Crippen molar-refractivity contribution in [2.45, 2.75) is 19.4 Å². The van der Waals surface area contributed by atoms with Gasteiger partial charge in [0.15, 0.2) is 0 Å². The maximum atomic E-state index is 11.4. The third-order valence-corrected chi connectivity index (χ3v) is 2.37. The van der Waals surface area contributed by atoms with Crippen molar-refractivity contribution in [1.29, 1.82) is 0 Å². The molecule has 92 valence electrons. The minimum atomic E-state index is -0.396. The summed E-state index contributed by atoms with van der Waals surface area (Å²) >= 11 is 5.82. The molecule has 0 fully saturated rings.